The highest BCUT2D eigenvalue weighted by atomic mass is 19.1. The van der Waals surface area contributed by atoms with Crippen LogP contribution < -0.4 is 0 Å². The highest BCUT2D eigenvalue weighted by Crippen LogP contribution is 2.22. The second-order valence-electron chi connectivity index (χ2n) is 4.43. The summed E-state index contributed by atoms with van der Waals surface area (Å²) in [6.07, 6.45) is 0.151. The maximum absolute atomic E-state index is 13.5. The van der Waals surface area contributed by atoms with E-state index in [2.05, 4.69) is 10.1 Å². The average Bonchev–Trinajstić information content (AvgIpc) is 2.89. The van der Waals surface area contributed by atoms with Crippen molar-refractivity contribution in [2.75, 3.05) is 0 Å². The average molecular weight is 297 g/mol. The smallest absolute Gasteiger partial charge is 0.303 e. The molecule has 0 unspecified atom stereocenters. The molecule has 8 heteroatoms. The van der Waals surface area contributed by atoms with Crippen LogP contribution in [0.4, 0.5) is 8.78 Å². The van der Waals surface area contributed by atoms with Crippen LogP contribution in [-0.2, 0) is 11.3 Å². The normalized spacial score (nSPS) is 12.3. The standard InChI is InChI=1S/C13H13F2N3O3/c14-8-3-4-10(15)9(6-8)12(21)13-16-7-18(17-13)5-1-2-11(19)20/h3-4,6-7,12,21H,1-2,5H2,(H,19,20)/t12-/m1/s1. The van der Waals surface area contributed by atoms with Crippen molar-refractivity contribution in [3.8, 4) is 0 Å². The Morgan fingerprint density at radius 1 is 1.38 bits per heavy atom. The Labute approximate surface area is 118 Å². The van der Waals surface area contributed by atoms with Gasteiger partial charge in [-0.2, -0.15) is 5.10 Å². The molecule has 0 saturated heterocycles. The van der Waals surface area contributed by atoms with Gasteiger partial charge in [0.25, 0.3) is 0 Å². The third-order valence-corrected chi connectivity index (χ3v) is 2.83. The fourth-order valence-electron chi connectivity index (χ4n) is 1.80. The SMILES string of the molecule is O=C(O)CCCn1cnc([C@H](O)c2cc(F)ccc2F)n1. The molecule has 0 radical (unpaired) electrons. The molecular weight excluding hydrogens is 284 g/mol. The Hall–Kier alpha value is -2.35. The van der Waals surface area contributed by atoms with Gasteiger partial charge in [0.2, 0.25) is 0 Å². The Bertz CT molecular complexity index is 645. The quantitative estimate of drug-likeness (QED) is 0.843. The lowest BCUT2D eigenvalue weighted by Gasteiger charge is -2.08. The lowest BCUT2D eigenvalue weighted by Crippen LogP contribution is -2.07. The molecule has 0 aliphatic rings. The maximum atomic E-state index is 13.5. The number of carbonyl (C=O) groups is 1. The molecule has 1 aromatic carbocycles. The molecule has 112 valence electrons. The van der Waals surface area contributed by atoms with Gasteiger partial charge in [0.15, 0.2) is 5.82 Å². The Morgan fingerprint density at radius 2 is 2.14 bits per heavy atom. The third kappa shape index (κ3) is 3.82. The number of aryl methyl sites for hydroxylation is 1. The van der Waals surface area contributed by atoms with Crippen LogP contribution in [-0.4, -0.2) is 30.9 Å². The van der Waals surface area contributed by atoms with Crippen LogP contribution >= 0.6 is 0 Å². The van der Waals surface area contributed by atoms with E-state index in [0.717, 1.165) is 18.2 Å². The number of aliphatic carboxylic acids is 1. The molecular formula is C13H13F2N3O3. The van der Waals surface area contributed by atoms with E-state index in [-0.39, 0.29) is 17.8 Å². The number of carboxylic acid groups (broad SMARTS) is 1. The maximum Gasteiger partial charge on any atom is 0.303 e. The summed E-state index contributed by atoms with van der Waals surface area (Å²) >= 11 is 0. The minimum Gasteiger partial charge on any atom is -0.481 e. The number of benzene rings is 1. The molecule has 2 aromatic rings. The fraction of sp³-hybridized carbons (Fsp3) is 0.308. The first-order valence-corrected chi connectivity index (χ1v) is 6.21. The van der Waals surface area contributed by atoms with Gasteiger partial charge >= 0.3 is 5.97 Å². The van der Waals surface area contributed by atoms with Crippen molar-refractivity contribution in [3.05, 3.63) is 47.5 Å². The van der Waals surface area contributed by atoms with Crippen LogP contribution in [0.3, 0.4) is 0 Å². The first-order valence-electron chi connectivity index (χ1n) is 6.21. The summed E-state index contributed by atoms with van der Waals surface area (Å²) in [5.74, 6) is -2.43. The van der Waals surface area contributed by atoms with Gasteiger partial charge in [-0.05, 0) is 24.6 Å². The van der Waals surface area contributed by atoms with Crippen LogP contribution in [0, 0.1) is 11.6 Å². The zero-order chi connectivity index (χ0) is 15.4. The Kier molecular flexibility index (Phi) is 4.59. The van der Waals surface area contributed by atoms with Crippen LogP contribution in [0.1, 0.15) is 30.3 Å². The lowest BCUT2D eigenvalue weighted by molar-refractivity contribution is -0.137. The molecule has 0 fully saturated rings. The summed E-state index contributed by atoms with van der Waals surface area (Å²) in [5.41, 5.74) is -0.252. The number of aliphatic hydroxyl groups excluding tert-OH is 1. The van der Waals surface area contributed by atoms with Crippen molar-refractivity contribution < 1.29 is 23.8 Å². The summed E-state index contributed by atoms with van der Waals surface area (Å²) in [6.45, 7) is 0.303. The molecule has 0 aliphatic heterocycles. The number of aliphatic hydroxyl groups is 1. The van der Waals surface area contributed by atoms with Crippen molar-refractivity contribution in [1.82, 2.24) is 14.8 Å². The molecule has 1 heterocycles. The van der Waals surface area contributed by atoms with E-state index in [1.807, 2.05) is 0 Å². The van der Waals surface area contributed by atoms with Gasteiger partial charge in [0, 0.05) is 18.5 Å². The summed E-state index contributed by atoms with van der Waals surface area (Å²) in [5, 5.41) is 22.4. The lowest BCUT2D eigenvalue weighted by atomic mass is 10.1. The van der Waals surface area contributed by atoms with Crippen molar-refractivity contribution in [3.63, 3.8) is 0 Å². The number of nitrogens with zero attached hydrogens (tertiary/aromatic N) is 3. The van der Waals surface area contributed by atoms with Crippen LogP contribution in [0.25, 0.3) is 0 Å². The van der Waals surface area contributed by atoms with Gasteiger partial charge in [0.05, 0.1) is 0 Å². The number of rotatable bonds is 6. The minimum absolute atomic E-state index is 0.0176. The second kappa shape index (κ2) is 6.40. The van der Waals surface area contributed by atoms with Crippen molar-refractivity contribution in [1.29, 1.82) is 0 Å². The van der Waals surface area contributed by atoms with Gasteiger partial charge in [-0.25, -0.2) is 13.8 Å². The Balaban J connectivity index is 2.09. The summed E-state index contributed by atoms with van der Waals surface area (Å²) in [7, 11) is 0. The van der Waals surface area contributed by atoms with E-state index in [0.29, 0.717) is 13.0 Å². The number of hydrogen-bond acceptors (Lipinski definition) is 4. The van der Waals surface area contributed by atoms with E-state index >= 15 is 0 Å². The van der Waals surface area contributed by atoms with Gasteiger partial charge < -0.3 is 10.2 Å². The highest BCUT2D eigenvalue weighted by molar-refractivity contribution is 5.66. The van der Waals surface area contributed by atoms with Crippen molar-refractivity contribution in [2.45, 2.75) is 25.5 Å². The molecule has 2 rings (SSSR count). The van der Waals surface area contributed by atoms with Crippen molar-refractivity contribution in [2.24, 2.45) is 0 Å². The van der Waals surface area contributed by atoms with Crippen molar-refractivity contribution >= 4 is 5.97 Å². The molecule has 0 saturated carbocycles. The zero-order valence-corrected chi connectivity index (χ0v) is 10.9. The van der Waals surface area contributed by atoms with Gasteiger partial charge in [-0.3, -0.25) is 9.48 Å². The minimum atomic E-state index is -1.48. The first kappa shape index (κ1) is 15.0. The summed E-state index contributed by atoms with van der Waals surface area (Å²) in [6, 6.07) is 2.74. The molecule has 6 nitrogen and oxygen atoms in total. The first-order chi connectivity index (χ1) is 9.97. The van der Waals surface area contributed by atoms with E-state index in [1.54, 1.807) is 0 Å². The number of hydrogen-bond donors (Lipinski definition) is 2. The molecule has 2 N–H and O–H groups in total. The fourth-order valence-corrected chi connectivity index (χ4v) is 1.80. The molecule has 0 bridgehead atoms. The molecule has 1 aromatic heterocycles. The number of aromatic nitrogens is 3. The Morgan fingerprint density at radius 3 is 2.86 bits per heavy atom. The van der Waals surface area contributed by atoms with Gasteiger partial charge in [0.1, 0.15) is 24.1 Å². The second-order valence-corrected chi connectivity index (χ2v) is 4.43. The molecule has 1 atom stereocenters. The van der Waals surface area contributed by atoms with E-state index < -0.39 is 23.7 Å². The monoisotopic (exact) mass is 297 g/mol. The van der Waals surface area contributed by atoms with E-state index in [9.17, 15) is 18.7 Å². The van der Waals surface area contributed by atoms with Gasteiger partial charge in [-0.15, -0.1) is 0 Å². The third-order valence-electron chi connectivity index (χ3n) is 2.83. The molecule has 0 amide bonds. The number of halogens is 2. The van der Waals surface area contributed by atoms with E-state index in [1.165, 1.54) is 11.0 Å². The molecule has 0 aliphatic carbocycles. The van der Waals surface area contributed by atoms with Crippen LogP contribution in [0.15, 0.2) is 24.5 Å². The molecule has 0 spiro atoms. The number of carboxylic acids is 1. The largest absolute Gasteiger partial charge is 0.481 e. The molecule has 21 heavy (non-hydrogen) atoms. The van der Waals surface area contributed by atoms with Gasteiger partial charge in [-0.1, -0.05) is 0 Å². The van der Waals surface area contributed by atoms with Crippen LogP contribution in [0.5, 0.6) is 0 Å². The predicted molar refractivity (Wildman–Crippen MR) is 67.3 cm³/mol. The van der Waals surface area contributed by atoms with Crippen LogP contribution in [0.2, 0.25) is 0 Å². The topological polar surface area (TPSA) is 88.2 Å². The summed E-state index contributed by atoms with van der Waals surface area (Å²) < 4.78 is 28.0. The highest BCUT2D eigenvalue weighted by Gasteiger charge is 2.19. The predicted octanol–water partition coefficient (Wildman–Crippen LogP) is 1.50. The summed E-state index contributed by atoms with van der Waals surface area (Å²) in [4.78, 5) is 14.2. The zero-order valence-electron chi connectivity index (χ0n) is 10.9. The van der Waals surface area contributed by atoms with E-state index in [4.69, 9.17) is 5.11 Å².